The molecule has 0 N–H and O–H groups in total. The van der Waals surface area contributed by atoms with Crippen LogP contribution in [0.15, 0.2) is 54.6 Å². The highest BCUT2D eigenvalue weighted by molar-refractivity contribution is 7.11. The molecule has 0 saturated heterocycles. The van der Waals surface area contributed by atoms with E-state index in [9.17, 15) is 4.79 Å². The van der Waals surface area contributed by atoms with E-state index in [4.69, 9.17) is 14.2 Å². The molecule has 0 amide bonds. The van der Waals surface area contributed by atoms with Crippen molar-refractivity contribution >= 4 is 23.0 Å². The Labute approximate surface area is 218 Å². The van der Waals surface area contributed by atoms with E-state index in [0.29, 0.717) is 13.2 Å². The van der Waals surface area contributed by atoms with Crippen molar-refractivity contribution in [1.82, 2.24) is 0 Å². The molecule has 1 unspecified atom stereocenters. The number of anilines is 1. The Kier molecular flexibility index (Phi) is 8.91. The predicted molar refractivity (Wildman–Crippen MR) is 145 cm³/mol. The third kappa shape index (κ3) is 6.41. The molecular weight excluding hydrogens is 470 g/mol. The highest BCUT2D eigenvalue weighted by atomic mass is 32.1. The summed E-state index contributed by atoms with van der Waals surface area (Å²) in [7, 11) is 1.74. The van der Waals surface area contributed by atoms with Gasteiger partial charge in [-0.1, -0.05) is 30.2 Å². The van der Waals surface area contributed by atoms with Crippen LogP contribution in [0.3, 0.4) is 0 Å². The van der Waals surface area contributed by atoms with Crippen LogP contribution in [-0.2, 0) is 29.1 Å². The zero-order valence-electron chi connectivity index (χ0n) is 21.2. The van der Waals surface area contributed by atoms with E-state index < -0.39 is 0 Å². The number of hydrogen-bond acceptors (Lipinski definition) is 6. The lowest BCUT2D eigenvalue weighted by atomic mass is 9.96. The van der Waals surface area contributed by atoms with Crippen LogP contribution in [0.1, 0.15) is 53.5 Å². The van der Waals surface area contributed by atoms with Crippen LogP contribution < -0.4 is 14.4 Å². The zero-order chi connectivity index (χ0) is 25.3. The number of carbonyl (C=O) groups is 1. The SMILES string of the molecule is CC#CC(CC(=O)OCC)c1ccc(OCc2ccc(CN3CCCc4cccc(OC)c43)s2)cc1. The van der Waals surface area contributed by atoms with Gasteiger partial charge in [-0.05, 0) is 68.1 Å². The van der Waals surface area contributed by atoms with Crippen LogP contribution in [0, 0.1) is 11.8 Å². The number of methoxy groups -OCH3 is 1. The lowest BCUT2D eigenvalue weighted by molar-refractivity contribution is -0.143. The number of fused-ring (bicyclic) bond motifs is 1. The predicted octanol–water partition coefficient (Wildman–Crippen LogP) is 6.35. The van der Waals surface area contributed by atoms with Gasteiger partial charge >= 0.3 is 5.97 Å². The van der Waals surface area contributed by atoms with Crippen LogP contribution >= 0.6 is 11.3 Å². The van der Waals surface area contributed by atoms with Crippen LogP contribution in [0.4, 0.5) is 5.69 Å². The number of esters is 1. The summed E-state index contributed by atoms with van der Waals surface area (Å²) < 4.78 is 16.8. The molecule has 1 atom stereocenters. The summed E-state index contributed by atoms with van der Waals surface area (Å²) in [4.78, 5) is 16.8. The number of hydrogen-bond donors (Lipinski definition) is 0. The normalized spacial score (nSPS) is 13.2. The molecule has 0 radical (unpaired) electrons. The Hall–Kier alpha value is -3.43. The van der Waals surface area contributed by atoms with E-state index in [-0.39, 0.29) is 18.3 Å². The number of para-hydroxylation sites is 1. The van der Waals surface area contributed by atoms with Crippen molar-refractivity contribution in [2.24, 2.45) is 0 Å². The van der Waals surface area contributed by atoms with Gasteiger partial charge in [0, 0.05) is 16.3 Å². The topological polar surface area (TPSA) is 48.0 Å². The number of benzene rings is 2. The maximum absolute atomic E-state index is 11.9. The van der Waals surface area contributed by atoms with Crippen molar-refractivity contribution < 1.29 is 19.0 Å². The second-order valence-electron chi connectivity index (χ2n) is 8.67. The zero-order valence-corrected chi connectivity index (χ0v) is 22.0. The molecule has 0 saturated carbocycles. The average molecular weight is 504 g/mol. The van der Waals surface area contributed by atoms with Crippen molar-refractivity contribution in [1.29, 1.82) is 0 Å². The van der Waals surface area contributed by atoms with Gasteiger partial charge in [-0.3, -0.25) is 4.79 Å². The summed E-state index contributed by atoms with van der Waals surface area (Å²) in [5.41, 5.74) is 3.57. The number of rotatable bonds is 10. The van der Waals surface area contributed by atoms with E-state index in [1.165, 1.54) is 21.0 Å². The standard InChI is InChI=1S/C30H33NO4S/c1-4-8-24(19-29(32)34-5-2)22-12-14-25(15-13-22)35-21-27-17-16-26(36-27)20-31-18-7-10-23-9-6-11-28(33-3)30(23)31/h6,9,11-17,24H,5,7,10,18-21H2,1-3H3. The largest absolute Gasteiger partial charge is 0.495 e. The Morgan fingerprint density at radius 2 is 1.92 bits per heavy atom. The number of aryl methyl sites for hydroxylation is 1. The van der Waals surface area contributed by atoms with Gasteiger partial charge in [-0.25, -0.2) is 0 Å². The van der Waals surface area contributed by atoms with Crippen LogP contribution in [-0.4, -0.2) is 26.2 Å². The third-order valence-corrected chi connectivity index (χ3v) is 7.26. The molecule has 0 spiro atoms. The maximum atomic E-state index is 11.9. The molecule has 0 aliphatic carbocycles. The van der Waals surface area contributed by atoms with Gasteiger partial charge in [0.2, 0.25) is 0 Å². The van der Waals surface area contributed by atoms with Gasteiger partial charge in [-0.15, -0.1) is 17.3 Å². The van der Waals surface area contributed by atoms with Crippen molar-refractivity contribution in [3.05, 3.63) is 75.5 Å². The molecule has 36 heavy (non-hydrogen) atoms. The lowest BCUT2D eigenvalue weighted by Crippen LogP contribution is -2.28. The first-order chi connectivity index (χ1) is 17.6. The molecule has 1 aliphatic heterocycles. The Bertz CT molecular complexity index is 1210. The van der Waals surface area contributed by atoms with Gasteiger partial charge in [0.05, 0.1) is 38.3 Å². The maximum Gasteiger partial charge on any atom is 0.307 e. The summed E-state index contributed by atoms with van der Waals surface area (Å²) in [5.74, 6) is 7.37. The minimum atomic E-state index is -0.231. The Morgan fingerprint density at radius 3 is 2.67 bits per heavy atom. The summed E-state index contributed by atoms with van der Waals surface area (Å²) in [6.45, 7) is 6.39. The van der Waals surface area contributed by atoms with Crippen molar-refractivity contribution in [3.8, 4) is 23.3 Å². The first-order valence-corrected chi connectivity index (χ1v) is 13.2. The second-order valence-corrected chi connectivity index (χ2v) is 9.93. The fourth-order valence-corrected chi connectivity index (χ4v) is 5.51. The van der Waals surface area contributed by atoms with Gasteiger partial charge in [0.15, 0.2) is 0 Å². The highest BCUT2D eigenvalue weighted by Gasteiger charge is 2.21. The molecule has 2 aromatic carbocycles. The molecule has 4 rings (SSSR count). The highest BCUT2D eigenvalue weighted by Crippen LogP contribution is 2.37. The second kappa shape index (κ2) is 12.5. The van der Waals surface area contributed by atoms with E-state index in [1.807, 2.05) is 37.3 Å². The van der Waals surface area contributed by atoms with Gasteiger partial charge in [-0.2, -0.15) is 0 Å². The fraction of sp³-hybridized carbons (Fsp3) is 0.367. The first kappa shape index (κ1) is 25.7. The molecule has 188 valence electrons. The quantitative estimate of drug-likeness (QED) is 0.238. The third-order valence-electron chi connectivity index (χ3n) is 6.22. The molecule has 0 fully saturated rings. The molecule has 0 bridgehead atoms. The minimum Gasteiger partial charge on any atom is -0.495 e. The minimum absolute atomic E-state index is 0.179. The molecule has 6 heteroatoms. The molecular formula is C30H33NO4S. The summed E-state index contributed by atoms with van der Waals surface area (Å²) in [6, 6.07) is 18.5. The Morgan fingerprint density at radius 1 is 1.11 bits per heavy atom. The summed E-state index contributed by atoms with van der Waals surface area (Å²) in [5, 5.41) is 0. The van der Waals surface area contributed by atoms with Crippen molar-refractivity contribution in [2.75, 3.05) is 25.2 Å². The van der Waals surface area contributed by atoms with Crippen molar-refractivity contribution in [3.63, 3.8) is 0 Å². The number of nitrogens with zero attached hydrogens (tertiary/aromatic N) is 1. The summed E-state index contributed by atoms with van der Waals surface area (Å²) in [6.07, 6.45) is 2.50. The van der Waals surface area contributed by atoms with Gasteiger partial charge in [0.1, 0.15) is 18.1 Å². The molecule has 5 nitrogen and oxygen atoms in total. The fourth-order valence-electron chi connectivity index (χ4n) is 4.56. The first-order valence-electron chi connectivity index (χ1n) is 12.4. The smallest absolute Gasteiger partial charge is 0.307 e. The monoisotopic (exact) mass is 503 g/mol. The van der Waals surface area contributed by atoms with E-state index in [0.717, 1.165) is 43.0 Å². The number of ether oxygens (including phenoxy) is 3. The van der Waals surface area contributed by atoms with Crippen molar-refractivity contribution in [2.45, 2.75) is 52.2 Å². The molecule has 3 aromatic rings. The van der Waals surface area contributed by atoms with E-state index >= 15 is 0 Å². The van der Waals surface area contributed by atoms with Crippen LogP contribution in [0.2, 0.25) is 0 Å². The molecule has 1 aliphatic rings. The van der Waals surface area contributed by atoms with Gasteiger partial charge in [0.25, 0.3) is 0 Å². The molecule has 1 aromatic heterocycles. The lowest BCUT2D eigenvalue weighted by Gasteiger charge is -2.32. The van der Waals surface area contributed by atoms with Crippen LogP contribution in [0.25, 0.3) is 0 Å². The van der Waals surface area contributed by atoms with E-state index in [2.05, 4.69) is 41.0 Å². The molecule has 2 heterocycles. The average Bonchev–Trinajstić information content (AvgIpc) is 3.34. The Balaban J connectivity index is 1.35. The summed E-state index contributed by atoms with van der Waals surface area (Å²) >= 11 is 1.78. The number of thiophene rings is 1. The number of carbonyl (C=O) groups excluding carboxylic acids is 1. The van der Waals surface area contributed by atoms with Gasteiger partial charge < -0.3 is 19.1 Å². The van der Waals surface area contributed by atoms with E-state index in [1.54, 1.807) is 25.4 Å². The van der Waals surface area contributed by atoms with Crippen LogP contribution in [0.5, 0.6) is 11.5 Å².